The van der Waals surface area contributed by atoms with Crippen LogP contribution in [0.25, 0.3) is 0 Å². The molecule has 0 amide bonds. The second kappa shape index (κ2) is 12.7. The number of hydrogen-bond acceptors (Lipinski definition) is 5. The Hall–Kier alpha value is -3.04. The van der Waals surface area contributed by atoms with Crippen molar-refractivity contribution in [1.29, 1.82) is 5.26 Å². The number of nitrogens with zero attached hydrogens (tertiary/aromatic N) is 1. The molecule has 6 nitrogen and oxygen atoms in total. The van der Waals surface area contributed by atoms with Gasteiger partial charge in [0.15, 0.2) is 0 Å². The van der Waals surface area contributed by atoms with E-state index in [0.29, 0.717) is 29.4 Å². The molecule has 0 bridgehead atoms. The Bertz CT molecular complexity index is 936. The lowest BCUT2D eigenvalue weighted by molar-refractivity contribution is -0.150. The summed E-state index contributed by atoms with van der Waals surface area (Å²) in [5.41, 5.74) is 1.31. The van der Waals surface area contributed by atoms with Crippen LogP contribution in [-0.2, 0) is 14.3 Å². The van der Waals surface area contributed by atoms with Gasteiger partial charge in [-0.15, -0.1) is 0 Å². The van der Waals surface area contributed by atoms with E-state index in [1.165, 1.54) is 0 Å². The standard InChI is InChI=1S/C25H28ClNO5/c1-17(2)24(18-10-12-20(26)13-11-18)25(30)32-22(16-27)19-7-6-8-21(15-19)31-14-5-3-4-9-23(28)29/h6-8,10-13,15,17,22,24H,3-5,9,14H2,1-2H3,(H,28,29)/t22?,24-/m0/s1. The third-order valence-corrected chi connectivity index (χ3v) is 5.22. The first kappa shape index (κ1) is 25.2. The van der Waals surface area contributed by atoms with Crippen LogP contribution in [0.4, 0.5) is 0 Å². The van der Waals surface area contributed by atoms with E-state index in [-0.39, 0.29) is 12.3 Å². The number of esters is 1. The molecule has 2 aromatic carbocycles. The highest BCUT2D eigenvalue weighted by atomic mass is 35.5. The Kier molecular flexibility index (Phi) is 10.0. The van der Waals surface area contributed by atoms with Crippen LogP contribution in [0.3, 0.4) is 0 Å². The summed E-state index contributed by atoms with van der Waals surface area (Å²) in [5.74, 6) is -1.26. The molecule has 0 aromatic heterocycles. The SMILES string of the molecule is CC(C)[C@H](C(=O)OC(C#N)c1cccc(OCCCCCC(=O)O)c1)c1ccc(Cl)cc1. The van der Waals surface area contributed by atoms with E-state index in [4.69, 9.17) is 26.2 Å². The lowest BCUT2D eigenvalue weighted by Crippen LogP contribution is -2.22. The van der Waals surface area contributed by atoms with Crippen molar-refractivity contribution in [3.8, 4) is 11.8 Å². The number of hydrogen-bond donors (Lipinski definition) is 1. The minimum Gasteiger partial charge on any atom is -0.494 e. The lowest BCUT2D eigenvalue weighted by Gasteiger charge is -2.22. The smallest absolute Gasteiger partial charge is 0.315 e. The quantitative estimate of drug-likeness (QED) is 0.314. The largest absolute Gasteiger partial charge is 0.494 e. The fraction of sp³-hybridized carbons (Fsp3) is 0.400. The summed E-state index contributed by atoms with van der Waals surface area (Å²) in [7, 11) is 0. The molecule has 0 heterocycles. The molecule has 170 valence electrons. The third kappa shape index (κ3) is 7.90. The average molecular weight is 458 g/mol. The molecule has 1 N–H and O–H groups in total. The van der Waals surface area contributed by atoms with Gasteiger partial charge in [0.1, 0.15) is 11.8 Å². The third-order valence-electron chi connectivity index (χ3n) is 4.97. The zero-order valence-corrected chi connectivity index (χ0v) is 19.0. The van der Waals surface area contributed by atoms with Crippen molar-refractivity contribution in [2.75, 3.05) is 6.61 Å². The van der Waals surface area contributed by atoms with Gasteiger partial charge in [0.2, 0.25) is 6.10 Å². The summed E-state index contributed by atoms with van der Waals surface area (Å²) in [6, 6.07) is 16.0. The number of halogens is 1. The van der Waals surface area contributed by atoms with Gasteiger partial charge >= 0.3 is 11.9 Å². The van der Waals surface area contributed by atoms with Crippen molar-refractivity contribution < 1.29 is 24.2 Å². The second-order valence-corrected chi connectivity index (χ2v) is 8.28. The molecule has 0 radical (unpaired) electrons. The predicted octanol–water partition coefficient (Wildman–Crippen LogP) is 5.91. The zero-order chi connectivity index (χ0) is 23.5. The Morgan fingerprint density at radius 3 is 2.41 bits per heavy atom. The number of unbranched alkanes of at least 4 members (excludes halogenated alkanes) is 2. The maximum Gasteiger partial charge on any atom is 0.315 e. The van der Waals surface area contributed by atoms with E-state index in [0.717, 1.165) is 18.4 Å². The second-order valence-electron chi connectivity index (χ2n) is 7.84. The van der Waals surface area contributed by atoms with Gasteiger partial charge in [0.05, 0.1) is 12.5 Å². The van der Waals surface area contributed by atoms with Crippen molar-refractivity contribution in [2.45, 2.75) is 51.6 Å². The topological polar surface area (TPSA) is 96.6 Å². The molecule has 32 heavy (non-hydrogen) atoms. The van der Waals surface area contributed by atoms with Crippen LogP contribution in [0.1, 0.15) is 62.7 Å². The molecule has 2 rings (SSSR count). The summed E-state index contributed by atoms with van der Waals surface area (Å²) < 4.78 is 11.3. The summed E-state index contributed by atoms with van der Waals surface area (Å²) in [6.07, 6.45) is 1.18. The molecule has 0 aliphatic heterocycles. The number of carboxylic acids is 1. The first-order valence-corrected chi connectivity index (χ1v) is 11.0. The molecule has 2 aromatic rings. The van der Waals surface area contributed by atoms with Crippen LogP contribution in [-0.4, -0.2) is 23.7 Å². The van der Waals surface area contributed by atoms with E-state index >= 15 is 0 Å². The van der Waals surface area contributed by atoms with Crippen LogP contribution in [0, 0.1) is 17.2 Å². The molecule has 7 heteroatoms. The van der Waals surface area contributed by atoms with Crippen LogP contribution in [0.15, 0.2) is 48.5 Å². The lowest BCUT2D eigenvalue weighted by atomic mass is 9.88. The molecule has 0 aliphatic rings. The van der Waals surface area contributed by atoms with Crippen LogP contribution >= 0.6 is 11.6 Å². The predicted molar refractivity (Wildman–Crippen MR) is 122 cm³/mol. The summed E-state index contributed by atoms with van der Waals surface area (Å²) in [6.45, 7) is 4.28. The van der Waals surface area contributed by atoms with Crippen LogP contribution in [0.2, 0.25) is 5.02 Å². The maximum atomic E-state index is 12.9. The van der Waals surface area contributed by atoms with Crippen molar-refractivity contribution in [2.24, 2.45) is 5.92 Å². The molecule has 0 saturated carbocycles. The molecular formula is C25H28ClNO5. The number of ether oxygens (including phenoxy) is 2. The fourth-order valence-electron chi connectivity index (χ4n) is 3.33. The number of benzene rings is 2. The average Bonchev–Trinajstić information content (AvgIpc) is 2.75. The van der Waals surface area contributed by atoms with Crippen molar-refractivity contribution in [1.82, 2.24) is 0 Å². The normalized spacial score (nSPS) is 12.6. The maximum absolute atomic E-state index is 12.9. The van der Waals surface area contributed by atoms with Gasteiger partial charge in [-0.3, -0.25) is 9.59 Å². The van der Waals surface area contributed by atoms with Gasteiger partial charge in [0.25, 0.3) is 0 Å². The van der Waals surface area contributed by atoms with E-state index < -0.39 is 24.0 Å². The van der Waals surface area contributed by atoms with Gasteiger partial charge in [-0.2, -0.15) is 5.26 Å². The number of aliphatic carboxylic acids is 1. The van der Waals surface area contributed by atoms with Gasteiger partial charge in [-0.25, -0.2) is 0 Å². The molecule has 1 unspecified atom stereocenters. The molecule has 0 aliphatic carbocycles. The number of rotatable bonds is 12. The number of carboxylic acid groups (broad SMARTS) is 1. The Balaban J connectivity index is 2.01. The Morgan fingerprint density at radius 2 is 1.78 bits per heavy atom. The highest BCUT2D eigenvalue weighted by Gasteiger charge is 2.28. The van der Waals surface area contributed by atoms with Gasteiger partial charge in [-0.1, -0.05) is 49.7 Å². The minimum atomic E-state index is -1.06. The highest BCUT2D eigenvalue weighted by Crippen LogP contribution is 2.30. The minimum absolute atomic E-state index is 0.0289. The first-order valence-electron chi connectivity index (χ1n) is 10.6. The van der Waals surface area contributed by atoms with E-state index in [1.807, 2.05) is 13.8 Å². The molecule has 0 spiro atoms. The summed E-state index contributed by atoms with van der Waals surface area (Å²) >= 11 is 5.96. The van der Waals surface area contributed by atoms with Crippen LogP contribution in [0.5, 0.6) is 5.75 Å². The van der Waals surface area contributed by atoms with Gasteiger partial charge in [-0.05, 0) is 55.0 Å². The molecule has 0 saturated heterocycles. The van der Waals surface area contributed by atoms with Crippen molar-refractivity contribution in [3.63, 3.8) is 0 Å². The summed E-state index contributed by atoms with van der Waals surface area (Å²) in [5, 5.41) is 18.9. The fourth-order valence-corrected chi connectivity index (χ4v) is 3.46. The highest BCUT2D eigenvalue weighted by molar-refractivity contribution is 6.30. The van der Waals surface area contributed by atoms with Gasteiger partial charge in [0, 0.05) is 17.0 Å². The number of carbonyl (C=O) groups excluding carboxylic acids is 1. The van der Waals surface area contributed by atoms with Crippen molar-refractivity contribution >= 4 is 23.5 Å². The van der Waals surface area contributed by atoms with Crippen LogP contribution < -0.4 is 4.74 Å². The van der Waals surface area contributed by atoms with E-state index in [1.54, 1.807) is 48.5 Å². The zero-order valence-electron chi connectivity index (χ0n) is 18.3. The number of nitriles is 1. The molecule has 2 atom stereocenters. The van der Waals surface area contributed by atoms with Gasteiger partial charge < -0.3 is 14.6 Å². The van der Waals surface area contributed by atoms with E-state index in [9.17, 15) is 14.9 Å². The summed E-state index contributed by atoms with van der Waals surface area (Å²) in [4.78, 5) is 23.5. The monoisotopic (exact) mass is 457 g/mol. The Morgan fingerprint density at radius 1 is 1.06 bits per heavy atom. The molecule has 0 fully saturated rings. The van der Waals surface area contributed by atoms with Crippen molar-refractivity contribution in [3.05, 3.63) is 64.7 Å². The first-order chi connectivity index (χ1) is 15.3. The Labute approximate surface area is 193 Å². The molecular weight excluding hydrogens is 430 g/mol. The van der Waals surface area contributed by atoms with E-state index in [2.05, 4.69) is 6.07 Å². The number of carbonyl (C=O) groups is 2.